The number of hydrogen-bond donors (Lipinski definition) is 1. The van der Waals surface area contributed by atoms with E-state index in [1.165, 1.54) is 0 Å². The first-order valence-electron chi connectivity index (χ1n) is 6.05. The summed E-state index contributed by atoms with van der Waals surface area (Å²) in [6, 6.07) is 1.94. The second-order valence-electron chi connectivity index (χ2n) is 5.54. The Morgan fingerprint density at radius 3 is 2.62 bits per heavy atom. The van der Waals surface area contributed by atoms with Gasteiger partial charge in [-0.05, 0) is 41.9 Å². The minimum absolute atomic E-state index is 0.278. The molecule has 0 bridgehead atoms. The molecule has 1 N–H and O–H groups in total. The average molecular weight is 221 g/mol. The molecule has 0 amide bonds. The summed E-state index contributed by atoms with van der Waals surface area (Å²) in [5, 5.41) is 10.2. The van der Waals surface area contributed by atoms with Gasteiger partial charge in [-0.25, -0.2) is 0 Å². The van der Waals surface area contributed by atoms with Crippen LogP contribution in [0.25, 0.3) is 0 Å². The summed E-state index contributed by atoms with van der Waals surface area (Å²) in [4.78, 5) is 4.10. The first-order chi connectivity index (χ1) is 7.44. The van der Waals surface area contributed by atoms with Crippen LogP contribution in [0.2, 0.25) is 0 Å². The number of pyridine rings is 1. The van der Waals surface area contributed by atoms with Gasteiger partial charge in [0.1, 0.15) is 0 Å². The number of nitrogens with zero attached hydrogens (tertiary/aromatic N) is 1. The second-order valence-corrected chi connectivity index (χ2v) is 5.54. The minimum atomic E-state index is -0.350. The van der Waals surface area contributed by atoms with Crippen LogP contribution in [0.4, 0.5) is 0 Å². The van der Waals surface area contributed by atoms with Crippen molar-refractivity contribution in [3.8, 4) is 0 Å². The van der Waals surface area contributed by atoms with Gasteiger partial charge in [-0.3, -0.25) is 4.98 Å². The van der Waals surface area contributed by atoms with Gasteiger partial charge in [0.25, 0.3) is 0 Å². The van der Waals surface area contributed by atoms with Gasteiger partial charge in [-0.1, -0.05) is 27.7 Å². The SMILES string of the molecule is CCc1cnccc1C(O)CCC(C)(C)C. The fourth-order valence-corrected chi connectivity index (χ4v) is 1.78. The lowest BCUT2D eigenvalue weighted by Gasteiger charge is -2.21. The van der Waals surface area contributed by atoms with Crippen LogP contribution in [0.1, 0.15) is 57.8 Å². The molecular weight excluding hydrogens is 198 g/mol. The standard InChI is InChI=1S/C14H23NO/c1-5-11-10-15-9-7-12(11)13(16)6-8-14(2,3)4/h7,9-10,13,16H,5-6,8H2,1-4H3. The number of rotatable bonds is 4. The van der Waals surface area contributed by atoms with Gasteiger partial charge in [0.15, 0.2) is 0 Å². The van der Waals surface area contributed by atoms with Crippen LogP contribution in [-0.2, 0) is 6.42 Å². The molecule has 0 saturated carbocycles. The van der Waals surface area contributed by atoms with Gasteiger partial charge >= 0.3 is 0 Å². The zero-order chi connectivity index (χ0) is 12.2. The molecule has 16 heavy (non-hydrogen) atoms. The average Bonchev–Trinajstić information content (AvgIpc) is 2.25. The van der Waals surface area contributed by atoms with Crippen molar-refractivity contribution in [2.24, 2.45) is 5.41 Å². The van der Waals surface area contributed by atoms with Crippen LogP contribution in [0, 0.1) is 5.41 Å². The lowest BCUT2D eigenvalue weighted by atomic mass is 9.87. The van der Waals surface area contributed by atoms with E-state index >= 15 is 0 Å². The number of aliphatic hydroxyl groups is 1. The minimum Gasteiger partial charge on any atom is -0.388 e. The maximum Gasteiger partial charge on any atom is 0.0794 e. The molecule has 1 aromatic rings. The van der Waals surface area contributed by atoms with Gasteiger partial charge in [-0.2, -0.15) is 0 Å². The highest BCUT2D eigenvalue weighted by Gasteiger charge is 2.16. The van der Waals surface area contributed by atoms with Crippen LogP contribution in [0.5, 0.6) is 0 Å². The van der Waals surface area contributed by atoms with E-state index in [0.29, 0.717) is 0 Å². The van der Waals surface area contributed by atoms with Gasteiger partial charge < -0.3 is 5.11 Å². The maximum atomic E-state index is 10.2. The van der Waals surface area contributed by atoms with Gasteiger partial charge in [-0.15, -0.1) is 0 Å². The fourth-order valence-electron chi connectivity index (χ4n) is 1.78. The molecule has 1 aromatic heterocycles. The summed E-state index contributed by atoms with van der Waals surface area (Å²) in [6.45, 7) is 8.70. The van der Waals surface area contributed by atoms with Crippen LogP contribution in [-0.4, -0.2) is 10.1 Å². The molecule has 0 fully saturated rings. The zero-order valence-electron chi connectivity index (χ0n) is 10.8. The third-order valence-corrected chi connectivity index (χ3v) is 2.85. The molecule has 90 valence electrons. The van der Waals surface area contributed by atoms with Gasteiger partial charge in [0.05, 0.1) is 6.10 Å². The summed E-state index contributed by atoms with van der Waals surface area (Å²) >= 11 is 0. The summed E-state index contributed by atoms with van der Waals surface area (Å²) in [6.07, 6.45) is 6.04. The fraction of sp³-hybridized carbons (Fsp3) is 0.643. The monoisotopic (exact) mass is 221 g/mol. The molecule has 0 saturated heterocycles. The Morgan fingerprint density at radius 1 is 1.38 bits per heavy atom. The van der Waals surface area contributed by atoms with E-state index in [1.54, 1.807) is 6.20 Å². The Balaban J connectivity index is 2.69. The highest BCUT2D eigenvalue weighted by molar-refractivity contribution is 5.25. The predicted octanol–water partition coefficient (Wildman–Crippen LogP) is 3.50. The molecule has 1 unspecified atom stereocenters. The first kappa shape index (κ1) is 13.2. The van der Waals surface area contributed by atoms with E-state index in [0.717, 1.165) is 30.4 Å². The predicted molar refractivity (Wildman–Crippen MR) is 67.3 cm³/mol. The Labute approximate surface area is 98.7 Å². The number of aryl methyl sites for hydroxylation is 1. The first-order valence-corrected chi connectivity index (χ1v) is 6.05. The number of hydrogen-bond acceptors (Lipinski definition) is 2. The van der Waals surface area contributed by atoms with Gasteiger partial charge in [0, 0.05) is 12.4 Å². The Kier molecular flexibility index (Phi) is 4.48. The van der Waals surface area contributed by atoms with E-state index in [2.05, 4.69) is 32.7 Å². The Hall–Kier alpha value is -0.890. The van der Waals surface area contributed by atoms with E-state index < -0.39 is 0 Å². The molecule has 0 aliphatic rings. The van der Waals surface area contributed by atoms with Crippen molar-refractivity contribution >= 4 is 0 Å². The van der Waals surface area contributed by atoms with E-state index in [9.17, 15) is 5.11 Å². The van der Waals surface area contributed by atoms with Crippen LogP contribution >= 0.6 is 0 Å². The van der Waals surface area contributed by atoms with Gasteiger partial charge in [0.2, 0.25) is 0 Å². The third-order valence-electron chi connectivity index (χ3n) is 2.85. The maximum absolute atomic E-state index is 10.2. The van der Waals surface area contributed by atoms with Crippen molar-refractivity contribution in [1.82, 2.24) is 4.98 Å². The normalized spacial score (nSPS) is 13.8. The van der Waals surface area contributed by atoms with Crippen molar-refractivity contribution < 1.29 is 5.11 Å². The number of aliphatic hydroxyl groups excluding tert-OH is 1. The van der Waals surface area contributed by atoms with Crippen LogP contribution < -0.4 is 0 Å². The summed E-state index contributed by atoms with van der Waals surface area (Å²) in [7, 11) is 0. The van der Waals surface area contributed by atoms with E-state index in [1.807, 2.05) is 12.3 Å². The molecule has 2 nitrogen and oxygen atoms in total. The molecule has 0 spiro atoms. The smallest absolute Gasteiger partial charge is 0.0794 e. The highest BCUT2D eigenvalue weighted by Crippen LogP contribution is 2.28. The van der Waals surface area contributed by atoms with E-state index in [-0.39, 0.29) is 11.5 Å². The molecule has 0 aliphatic heterocycles. The number of aromatic nitrogens is 1. The molecule has 2 heteroatoms. The molecule has 1 atom stereocenters. The zero-order valence-corrected chi connectivity index (χ0v) is 10.8. The van der Waals surface area contributed by atoms with Crippen LogP contribution in [0.15, 0.2) is 18.5 Å². The summed E-state index contributed by atoms with van der Waals surface area (Å²) in [5.41, 5.74) is 2.48. The largest absolute Gasteiger partial charge is 0.388 e. The van der Waals surface area contributed by atoms with Crippen molar-refractivity contribution in [3.63, 3.8) is 0 Å². The Morgan fingerprint density at radius 2 is 2.06 bits per heavy atom. The summed E-state index contributed by atoms with van der Waals surface area (Å²) < 4.78 is 0. The molecule has 1 rings (SSSR count). The lowest BCUT2D eigenvalue weighted by molar-refractivity contribution is 0.146. The highest BCUT2D eigenvalue weighted by atomic mass is 16.3. The molecular formula is C14H23NO. The van der Waals surface area contributed by atoms with Crippen LogP contribution in [0.3, 0.4) is 0 Å². The van der Waals surface area contributed by atoms with Crippen molar-refractivity contribution in [2.75, 3.05) is 0 Å². The molecule has 0 radical (unpaired) electrons. The topological polar surface area (TPSA) is 33.1 Å². The van der Waals surface area contributed by atoms with E-state index in [4.69, 9.17) is 0 Å². The summed E-state index contributed by atoms with van der Waals surface area (Å²) in [5.74, 6) is 0. The van der Waals surface area contributed by atoms with Crippen molar-refractivity contribution in [2.45, 2.75) is 53.1 Å². The van der Waals surface area contributed by atoms with Crippen molar-refractivity contribution in [3.05, 3.63) is 29.6 Å². The molecule has 0 aliphatic carbocycles. The van der Waals surface area contributed by atoms with Crippen molar-refractivity contribution in [1.29, 1.82) is 0 Å². The third kappa shape index (κ3) is 3.93. The quantitative estimate of drug-likeness (QED) is 0.844. The lowest BCUT2D eigenvalue weighted by Crippen LogP contribution is -2.09. The Bertz CT molecular complexity index is 328. The molecule has 1 heterocycles. The molecule has 0 aromatic carbocycles. The second kappa shape index (κ2) is 5.44.